The molecule has 0 saturated heterocycles. The number of hydrogen-bond donors (Lipinski definition) is 2. The van der Waals surface area contributed by atoms with Crippen LogP contribution in [0.3, 0.4) is 0 Å². The van der Waals surface area contributed by atoms with Gasteiger partial charge >= 0.3 is 0 Å². The van der Waals surface area contributed by atoms with E-state index in [-0.39, 0.29) is 23.5 Å². The quantitative estimate of drug-likeness (QED) is 0.745. The van der Waals surface area contributed by atoms with Crippen LogP contribution in [0.1, 0.15) is 38.5 Å². The Balaban J connectivity index is 1.91. The first kappa shape index (κ1) is 11.9. The van der Waals surface area contributed by atoms with E-state index in [2.05, 4.69) is 5.32 Å². The molecule has 0 aromatic rings. The molecule has 2 saturated carbocycles. The molecule has 0 aromatic heterocycles. The number of ether oxygens (including phenoxy) is 1. The summed E-state index contributed by atoms with van der Waals surface area (Å²) in [5.74, 6) is 0.148. The number of carbonyl (C=O) groups excluding carboxylic acids is 1. The Labute approximate surface area is 96.9 Å². The number of carbonyl (C=O) groups is 1. The van der Waals surface area contributed by atoms with Gasteiger partial charge in [0.05, 0.1) is 17.6 Å². The molecule has 2 aliphatic rings. The summed E-state index contributed by atoms with van der Waals surface area (Å²) in [6, 6.07) is 0.196. The molecule has 2 aliphatic carbocycles. The Morgan fingerprint density at radius 3 is 2.69 bits per heavy atom. The topological polar surface area (TPSA) is 64.3 Å². The molecule has 1 amide bonds. The third-order valence-electron chi connectivity index (χ3n) is 4.25. The van der Waals surface area contributed by atoms with Crippen molar-refractivity contribution < 1.29 is 9.53 Å². The molecule has 0 spiro atoms. The molecule has 0 radical (unpaired) electrons. The van der Waals surface area contributed by atoms with Crippen LogP contribution in [0, 0.1) is 5.41 Å². The lowest BCUT2D eigenvalue weighted by molar-refractivity contribution is -0.136. The van der Waals surface area contributed by atoms with Crippen LogP contribution >= 0.6 is 0 Å². The summed E-state index contributed by atoms with van der Waals surface area (Å²) >= 11 is 0. The second kappa shape index (κ2) is 4.72. The molecule has 0 bridgehead atoms. The summed E-state index contributed by atoms with van der Waals surface area (Å²) in [6.45, 7) is 0.475. The molecule has 4 heteroatoms. The molecular formula is C12H22N2O2. The van der Waals surface area contributed by atoms with Crippen LogP contribution in [0.25, 0.3) is 0 Å². The Morgan fingerprint density at radius 2 is 2.19 bits per heavy atom. The zero-order valence-electron chi connectivity index (χ0n) is 10.00. The van der Waals surface area contributed by atoms with Gasteiger partial charge in [-0.25, -0.2) is 0 Å². The summed E-state index contributed by atoms with van der Waals surface area (Å²) in [5.41, 5.74) is 5.46. The smallest absolute Gasteiger partial charge is 0.227 e. The van der Waals surface area contributed by atoms with Crippen molar-refractivity contribution in [3.8, 4) is 0 Å². The third kappa shape index (κ3) is 1.96. The lowest BCUT2D eigenvalue weighted by Gasteiger charge is -2.40. The van der Waals surface area contributed by atoms with E-state index in [1.165, 1.54) is 0 Å². The number of hydrogen-bond acceptors (Lipinski definition) is 3. The number of rotatable bonds is 4. The Hall–Kier alpha value is -0.610. The number of nitrogens with two attached hydrogens (primary N) is 1. The Kier molecular flexibility index (Phi) is 3.50. The van der Waals surface area contributed by atoms with E-state index < -0.39 is 0 Å². The second-order valence-electron chi connectivity index (χ2n) is 5.12. The van der Waals surface area contributed by atoms with Gasteiger partial charge in [0.1, 0.15) is 0 Å². The molecule has 0 aromatic carbocycles. The van der Waals surface area contributed by atoms with Crippen LogP contribution in [0.15, 0.2) is 0 Å². The van der Waals surface area contributed by atoms with E-state index in [0.717, 1.165) is 38.5 Å². The Bertz CT molecular complexity index is 258. The fourth-order valence-corrected chi connectivity index (χ4v) is 2.82. The van der Waals surface area contributed by atoms with Gasteiger partial charge in [0, 0.05) is 13.7 Å². The van der Waals surface area contributed by atoms with Crippen molar-refractivity contribution >= 4 is 5.91 Å². The average Bonchev–Trinajstić information content (AvgIpc) is 2.64. The van der Waals surface area contributed by atoms with Gasteiger partial charge in [-0.05, 0) is 32.1 Å². The summed E-state index contributed by atoms with van der Waals surface area (Å²) in [4.78, 5) is 12.1. The highest BCUT2D eigenvalue weighted by Crippen LogP contribution is 2.40. The van der Waals surface area contributed by atoms with Crippen LogP contribution in [0.5, 0.6) is 0 Å². The molecule has 92 valence electrons. The normalized spacial score (nSPS) is 32.1. The lowest BCUT2D eigenvalue weighted by atomic mass is 9.68. The van der Waals surface area contributed by atoms with Gasteiger partial charge in [0.2, 0.25) is 5.91 Å². The van der Waals surface area contributed by atoms with Crippen LogP contribution in [-0.4, -0.2) is 31.7 Å². The first-order chi connectivity index (χ1) is 7.72. The third-order valence-corrected chi connectivity index (χ3v) is 4.25. The van der Waals surface area contributed by atoms with Crippen molar-refractivity contribution in [3.63, 3.8) is 0 Å². The van der Waals surface area contributed by atoms with E-state index >= 15 is 0 Å². The summed E-state index contributed by atoms with van der Waals surface area (Å²) in [5, 5.41) is 3.13. The van der Waals surface area contributed by atoms with Gasteiger partial charge in [-0.15, -0.1) is 0 Å². The zero-order valence-corrected chi connectivity index (χ0v) is 10.00. The van der Waals surface area contributed by atoms with Crippen molar-refractivity contribution in [3.05, 3.63) is 0 Å². The van der Waals surface area contributed by atoms with E-state index in [0.29, 0.717) is 6.54 Å². The van der Waals surface area contributed by atoms with Crippen LogP contribution in [0.2, 0.25) is 0 Å². The minimum Gasteiger partial charge on any atom is -0.379 e. The molecule has 2 rings (SSSR count). The second-order valence-corrected chi connectivity index (χ2v) is 5.12. The van der Waals surface area contributed by atoms with Crippen LogP contribution in [0.4, 0.5) is 0 Å². The van der Waals surface area contributed by atoms with E-state index in [1.54, 1.807) is 7.11 Å². The number of amides is 1. The monoisotopic (exact) mass is 226 g/mol. The number of nitrogens with one attached hydrogen (secondary N) is 1. The van der Waals surface area contributed by atoms with E-state index in [9.17, 15) is 4.79 Å². The van der Waals surface area contributed by atoms with Crippen molar-refractivity contribution in [1.29, 1.82) is 0 Å². The fourth-order valence-electron chi connectivity index (χ4n) is 2.82. The highest BCUT2D eigenvalue weighted by atomic mass is 16.5. The molecule has 2 fully saturated rings. The molecule has 4 nitrogen and oxygen atoms in total. The lowest BCUT2D eigenvalue weighted by Crippen LogP contribution is -2.54. The van der Waals surface area contributed by atoms with Gasteiger partial charge in [-0.3, -0.25) is 4.79 Å². The van der Waals surface area contributed by atoms with Gasteiger partial charge in [-0.2, -0.15) is 0 Å². The van der Waals surface area contributed by atoms with E-state index in [4.69, 9.17) is 10.5 Å². The van der Waals surface area contributed by atoms with Gasteiger partial charge < -0.3 is 15.8 Å². The van der Waals surface area contributed by atoms with Gasteiger partial charge in [-0.1, -0.05) is 6.42 Å². The van der Waals surface area contributed by atoms with Crippen molar-refractivity contribution in [1.82, 2.24) is 5.32 Å². The van der Waals surface area contributed by atoms with E-state index in [1.807, 2.05) is 0 Å². The maximum atomic E-state index is 12.1. The predicted octanol–water partition coefficient (Wildman–Crippen LogP) is 0.799. The predicted molar refractivity (Wildman–Crippen MR) is 61.9 cm³/mol. The molecular weight excluding hydrogens is 204 g/mol. The highest BCUT2D eigenvalue weighted by molar-refractivity contribution is 5.84. The van der Waals surface area contributed by atoms with Crippen LogP contribution in [-0.2, 0) is 9.53 Å². The fraction of sp³-hybridized carbons (Fsp3) is 0.917. The first-order valence-electron chi connectivity index (χ1n) is 6.26. The summed E-state index contributed by atoms with van der Waals surface area (Å²) < 4.78 is 5.38. The van der Waals surface area contributed by atoms with Crippen LogP contribution < -0.4 is 11.1 Å². The Morgan fingerprint density at radius 1 is 1.44 bits per heavy atom. The number of methoxy groups -OCH3 is 1. The SMILES string of the molecule is COC1CCCC1NC(=O)C1(CN)CCC1. The maximum Gasteiger partial charge on any atom is 0.227 e. The van der Waals surface area contributed by atoms with Crippen molar-refractivity contribution in [2.75, 3.05) is 13.7 Å². The molecule has 2 unspecified atom stereocenters. The summed E-state index contributed by atoms with van der Waals surface area (Å²) in [6.07, 6.45) is 6.43. The molecule has 0 aliphatic heterocycles. The first-order valence-corrected chi connectivity index (χ1v) is 6.26. The van der Waals surface area contributed by atoms with Gasteiger partial charge in [0.15, 0.2) is 0 Å². The van der Waals surface area contributed by atoms with Crippen molar-refractivity contribution in [2.24, 2.45) is 11.1 Å². The van der Waals surface area contributed by atoms with Gasteiger partial charge in [0.25, 0.3) is 0 Å². The molecule has 3 N–H and O–H groups in total. The maximum absolute atomic E-state index is 12.1. The standard InChI is InChI=1S/C12H22N2O2/c1-16-10-5-2-4-9(10)14-11(15)12(8-13)6-3-7-12/h9-10H,2-8,13H2,1H3,(H,14,15). The molecule has 2 atom stereocenters. The molecule has 0 heterocycles. The minimum atomic E-state index is -0.263. The zero-order chi connectivity index (χ0) is 11.6. The minimum absolute atomic E-state index is 0.148. The summed E-state index contributed by atoms with van der Waals surface area (Å²) in [7, 11) is 1.72. The van der Waals surface area contributed by atoms with Crippen molar-refractivity contribution in [2.45, 2.75) is 50.7 Å². The molecule has 16 heavy (non-hydrogen) atoms. The largest absolute Gasteiger partial charge is 0.379 e. The average molecular weight is 226 g/mol. The highest BCUT2D eigenvalue weighted by Gasteiger charge is 2.44.